The SMILES string of the molecule is CC(C)C(C)(CC(C)(C)C)C(=O)OC1CC2CC3C1OC(=O)C3(C(=O)OC(C(F)(F)F)C(F)(F)F)C2. The zero-order valence-electron chi connectivity index (χ0n) is 21.0. The summed E-state index contributed by atoms with van der Waals surface area (Å²) in [7, 11) is 0. The van der Waals surface area contributed by atoms with Crippen molar-refractivity contribution >= 4 is 17.9 Å². The van der Waals surface area contributed by atoms with Gasteiger partial charge in [0.2, 0.25) is 0 Å². The predicted octanol–water partition coefficient (Wildman–Crippen LogP) is 5.37. The third-order valence-electron chi connectivity index (χ3n) is 7.85. The number of esters is 3. The molecule has 0 amide bonds. The number of fused-ring (bicyclic) bond motifs is 1. The van der Waals surface area contributed by atoms with Crippen LogP contribution in [0.2, 0.25) is 0 Å². The third kappa shape index (κ3) is 4.92. The molecule has 0 aromatic carbocycles. The fourth-order valence-corrected chi connectivity index (χ4v) is 6.04. The molecule has 3 aliphatic rings. The van der Waals surface area contributed by atoms with E-state index in [0.717, 1.165) is 0 Å². The highest BCUT2D eigenvalue weighted by molar-refractivity contribution is 6.02. The highest BCUT2D eigenvalue weighted by atomic mass is 19.4. The summed E-state index contributed by atoms with van der Waals surface area (Å²) in [5.41, 5.74) is -3.42. The van der Waals surface area contributed by atoms with Gasteiger partial charge >= 0.3 is 30.3 Å². The molecule has 0 N–H and O–H groups in total. The third-order valence-corrected chi connectivity index (χ3v) is 7.85. The van der Waals surface area contributed by atoms with E-state index in [9.17, 15) is 40.7 Å². The van der Waals surface area contributed by atoms with E-state index in [0.29, 0.717) is 6.42 Å². The van der Waals surface area contributed by atoms with E-state index in [4.69, 9.17) is 9.47 Å². The van der Waals surface area contributed by atoms with Crippen molar-refractivity contribution in [3.63, 3.8) is 0 Å². The van der Waals surface area contributed by atoms with Crippen LogP contribution < -0.4 is 0 Å². The van der Waals surface area contributed by atoms with Gasteiger partial charge in [0, 0.05) is 5.92 Å². The zero-order chi connectivity index (χ0) is 27.6. The minimum Gasteiger partial charge on any atom is -0.458 e. The van der Waals surface area contributed by atoms with Gasteiger partial charge in [-0.15, -0.1) is 0 Å². The lowest BCUT2D eigenvalue weighted by Crippen LogP contribution is -2.50. The second kappa shape index (κ2) is 8.79. The molecule has 3 rings (SSSR count). The first-order chi connectivity index (χ1) is 16.1. The molecule has 6 nitrogen and oxygen atoms in total. The molecule has 6 atom stereocenters. The lowest BCUT2D eigenvalue weighted by molar-refractivity contribution is -0.315. The highest BCUT2D eigenvalue weighted by Gasteiger charge is 2.73. The summed E-state index contributed by atoms with van der Waals surface area (Å²) in [6.45, 7) is 11.4. The summed E-state index contributed by atoms with van der Waals surface area (Å²) in [6, 6.07) is 0. The molecule has 1 saturated heterocycles. The van der Waals surface area contributed by atoms with Gasteiger partial charge in [0.25, 0.3) is 6.10 Å². The Morgan fingerprint density at radius 2 is 1.58 bits per heavy atom. The van der Waals surface area contributed by atoms with E-state index in [1.807, 2.05) is 34.6 Å². The summed E-state index contributed by atoms with van der Waals surface area (Å²) < 4.78 is 93.0. The number of alkyl halides is 6. The number of carbonyl (C=O) groups excluding carboxylic acids is 3. The molecule has 0 spiro atoms. The summed E-state index contributed by atoms with van der Waals surface area (Å²) in [5.74, 6) is -5.30. The Kier molecular flexibility index (Phi) is 6.97. The molecule has 3 fully saturated rings. The fourth-order valence-electron chi connectivity index (χ4n) is 6.04. The van der Waals surface area contributed by atoms with E-state index in [-0.39, 0.29) is 30.6 Å². The Morgan fingerprint density at radius 3 is 2.06 bits per heavy atom. The van der Waals surface area contributed by atoms with Crippen molar-refractivity contribution in [1.29, 1.82) is 0 Å². The van der Waals surface area contributed by atoms with E-state index in [2.05, 4.69) is 4.74 Å². The largest absolute Gasteiger partial charge is 0.458 e. The zero-order valence-corrected chi connectivity index (χ0v) is 21.0. The standard InChI is InChI=1S/C24H32F6O6/c1-11(2)21(6,10-20(3,4)5)17(31)34-14-8-12-7-13-15(14)35-18(32)22(13,9-12)19(33)36-16(23(25,26)27)24(28,29)30/h11-16H,7-10H2,1-6H3. The average Bonchev–Trinajstić information content (AvgIpc) is 3.14. The van der Waals surface area contributed by atoms with Crippen LogP contribution in [0.25, 0.3) is 0 Å². The summed E-state index contributed by atoms with van der Waals surface area (Å²) in [6.07, 6.45) is -17.8. The molecule has 12 heteroatoms. The van der Waals surface area contributed by atoms with Crippen molar-refractivity contribution in [2.45, 2.75) is 97.9 Å². The van der Waals surface area contributed by atoms with Gasteiger partial charge in [0.1, 0.15) is 12.2 Å². The minimum atomic E-state index is -5.91. The lowest BCUT2D eigenvalue weighted by Gasteiger charge is -2.40. The van der Waals surface area contributed by atoms with Crippen LogP contribution in [0.5, 0.6) is 0 Å². The molecular formula is C24H32F6O6. The van der Waals surface area contributed by atoms with Crippen LogP contribution in [0, 0.1) is 34.0 Å². The predicted molar refractivity (Wildman–Crippen MR) is 112 cm³/mol. The first-order valence-electron chi connectivity index (χ1n) is 11.9. The van der Waals surface area contributed by atoms with Crippen molar-refractivity contribution in [1.82, 2.24) is 0 Å². The molecule has 36 heavy (non-hydrogen) atoms. The molecule has 206 valence electrons. The van der Waals surface area contributed by atoms with Gasteiger partial charge < -0.3 is 14.2 Å². The first-order valence-corrected chi connectivity index (χ1v) is 11.9. The highest BCUT2D eigenvalue weighted by Crippen LogP contribution is 2.61. The molecule has 0 aromatic rings. The van der Waals surface area contributed by atoms with Crippen LogP contribution in [-0.2, 0) is 28.6 Å². The topological polar surface area (TPSA) is 78.9 Å². The van der Waals surface area contributed by atoms with E-state index in [1.165, 1.54) is 0 Å². The van der Waals surface area contributed by atoms with Gasteiger partial charge in [0.15, 0.2) is 5.41 Å². The van der Waals surface area contributed by atoms with Crippen molar-refractivity contribution in [3.05, 3.63) is 0 Å². The van der Waals surface area contributed by atoms with Crippen LogP contribution >= 0.6 is 0 Å². The second-order valence-electron chi connectivity index (χ2n) is 12.1. The van der Waals surface area contributed by atoms with Crippen molar-refractivity contribution in [2.75, 3.05) is 0 Å². The quantitative estimate of drug-likeness (QED) is 0.199. The van der Waals surface area contributed by atoms with E-state index in [1.54, 1.807) is 6.92 Å². The van der Waals surface area contributed by atoms with E-state index >= 15 is 0 Å². The number of ether oxygens (including phenoxy) is 3. The Morgan fingerprint density at radius 1 is 1.03 bits per heavy atom. The molecule has 0 radical (unpaired) electrons. The molecule has 2 saturated carbocycles. The van der Waals surface area contributed by atoms with Gasteiger partial charge in [-0.1, -0.05) is 34.6 Å². The molecule has 2 aliphatic carbocycles. The number of halogens is 6. The van der Waals surface area contributed by atoms with Crippen molar-refractivity contribution < 1.29 is 54.9 Å². The maximum absolute atomic E-state index is 13.3. The van der Waals surface area contributed by atoms with Crippen LogP contribution in [0.4, 0.5) is 26.3 Å². The molecule has 1 heterocycles. The van der Waals surface area contributed by atoms with Gasteiger partial charge in [0.05, 0.1) is 5.41 Å². The van der Waals surface area contributed by atoms with Crippen LogP contribution in [-0.4, -0.2) is 48.6 Å². The molecule has 0 aromatic heterocycles. The lowest BCUT2D eigenvalue weighted by atomic mass is 9.68. The van der Waals surface area contributed by atoms with Crippen LogP contribution in [0.15, 0.2) is 0 Å². The maximum Gasteiger partial charge on any atom is 0.434 e. The van der Waals surface area contributed by atoms with Crippen LogP contribution in [0.3, 0.4) is 0 Å². The molecular weight excluding hydrogens is 498 g/mol. The Hall–Kier alpha value is -2.01. The fraction of sp³-hybridized carbons (Fsp3) is 0.875. The maximum atomic E-state index is 13.3. The van der Waals surface area contributed by atoms with E-state index < -0.39 is 71.2 Å². The van der Waals surface area contributed by atoms with Gasteiger partial charge in [-0.2, -0.15) is 26.3 Å². The Bertz CT molecular complexity index is 892. The Labute approximate surface area is 205 Å². The minimum absolute atomic E-state index is 0.119. The molecule has 2 bridgehead atoms. The second-order valence-corrected chi connectivity index (χ2v) is 12.1. The van der Waals surface area contributed by atoms with Crippen molar-refractivity contribution in [2.24, 2.45) is 34.0 Å². The molecule has 6 unspecified atom stereocenters. The van der Waals surface area contributed by atoms with Gasteiger partial charge in [-0.05, 0) is 49.9 Å². The number of carbonyl (C=O) groups is 3. The van der Waals surface area contributed by atoms with Gasteiger partial charge in [-0.25, -0.2) is 0 Å². The average molecular weight is 531 g/mol. The molecule has 1 aliphatic heterocycles. The summed E-state index contributed by atoms with van der Waals surface area (Å²) in [4.78, 5) is 38.9. The van der Waals surface area contributed by atoms with Gasteiger partial charge in [-0.3, -0.25) is 14.4 Å². The Balaban J connectivity index is 1.85. The number of hydrogen-bond acceptors (Lipinski definition) is 6. The smallest absolute Gasteiger partial charge is 0.434 e. The normalized spacial score (nSPS) is 31.9. The summed E-state index contributed by atoms with van der Waals surface area (Å²) >= 11 is 0. The number of hydrogen-bond donors (Lipinski definition) is 0. The monoisotopic (exact) mass is 530 g/mol. The number of rotatable bonds is 6. The first kappa shape index (κ1) is 28.6. The van der Waals surface area contributed by atoms with Crippen LogP contribution in [0.1, 0.15) is 67.2 Å². The summed E-state index contributed by atoms with van der Waals surface area (Å²) in [5, 5.41) is 0. The van der Waals surface area contributed by atoms with Crippen molar-refractivity contribution in [3.8, 4) is 0 Å².